The van der Waals surface area contributed by atoms with Crippen LogP contribution in [0.1, 0.15) is 31.1 Å². The lowest BCUT2D eigenvalue weighted by atomic mass is 10.1. The van der Waals surface area contributed by atoms with Gasteiger partial charge in [0.05, 0.1) is 41.8 Å². The van der Waals surface area contributed by atoms with Crippen molar-refractivity contribution in [2.45, 2.75) is 0 Å². The molecule has 4 nitrogen and oxygen atoms in total. The molecule has 0 N–H and O–H groups in total. The molecule has 0 atom stereocenters. The topological polar surface area (TPSA) is 54.5 Å². The highest BCUT2D eigenvalue weighted by atomic mass is 35.5. The highest BCUT2D eigenvalue weighted by Crippen LogP contribution is 2.45. The largest absolute Gasteiger partial charge is 0.270 e. The maximum atomic E-state index is 12.7. The molecule has 3 rings (SSSR count). The molecule has 128 valence electrons. The van der Waals surface area contributed by atoms with E-state index in [9.17, 15) is 14.4 Å². The molecule has 1 aliphatic heterocycles. The standard InChI is InChI=1S/C15H3Cl6NO3/c16-4-1-2-5(6(17)3-4)13(23)22-14(24)7-8(15(22)25)10(19)12(21)11(20)9(7)18/h1-3H. The third-order valence-electron chi connectivity index (χ3n) is 3.47. The number of amides is 3. The van der Waals surface area contributed by atoms with E-state index in [4.69, 9.17) is 69.6 Å². The summed E-state index contributed by atoms with van der Waals surface area (Å²) in [7, 11) is 0. The second-order valence-electron chi connectivity index (χ2n) is 4.88. The van der Waals surface area contributed by atoms with E-state index in [2.05, 4.69) is 0 Å². The van der Waals surface area contributed by atoms with Gasteiger partial charge in [0.15, 0.2) is 0 Å². The zero-order valence-corrected chi connectivity index (χ0v) is 16.2. The van der Waals surface area contributed by atoms with Crippen molar-refractivity contribution in [1.82, 2.24) is 4.90 Å². The Morgan fingerprint density at radius 3 is 1.68 bits per heavy atom. The first-order chi connectivity index (χ1) is 11.7. The summed E-state index contributed by atoms with van der Waals surface area (Å²) in [5.41, 5.74) is -0.668. The number of carbonyl (C=O) groups excluding carboxylic acids is 3. The van der Waals surface area contributed by atoms with Crippen LogP contribution in [0.5, 0.6) is 0 Å². The number of hydrogen-bond acceptors (Lipinski definition) is 3. The number of halogens is 6. The third kappa shape index (κ3) is 2.81. The van der Waals surface area contributed by atoms with Crippen LogP contribution in [0.3, 0.4) is 0 Å². The third-order valence-corrected chi connectivity index (χ3v) is 5.82. The van der Waals surface area contributed by atoms with Crippen molar-refractivity contribution in [2.75, 3.05) is 0 Å². The van der Waals surface area contributed by atoms with Gasteiger partial charge < -0.3 is 0 Å². The first kappa shape index (κ1) is 18.8. The van der Waals surface area contributed by atoms with Crippen LogP contribution in [0.4, 0.5) is 0 Å². The monoisotopic (exact) mass is 455 g/mol. The van der Waals surface area contributed by atoms with Gasteiger partial charge in [-0.25, -0.2) is 4.90 Å². The zero-order valence-electron chi connectivity index (χ0n) is 11.7. The van der Waals surface area contributed by atoms with E-state index in [0.29, 0.717) is 4.90 Å². The molecule has 0 spiro atoms. The molecule has 0 unspecified atom stereocenters. The van der Waals surface area contributed by atoms with E-state index in [0.717, 1.165) is 0 Å². The van der Waals surface area contributed by atoms with Gasteiger partial charge in [-0.15, -0.1) is 0 Å². The van der Waals surface area contributed by atoms with E-state index in [1.807, 2.05) is 0 Å². The molecule has 3 amide bonds. The van der Waals surface area contributed by atoms with Crippen LogP contribution in [0, 0.1) is 0 Å². The second kappa shape index (κ2) is 6.62. The predicted octanol–water partition coefficient (Wildman–Crippen LogP) is 6.04. The summed E-state index contributed by atoms with van der Waals surface area (Å²) in [6.45, 7) is 0. The SMILES string of the molecule is O=C(c1ccc(Cl)cc1Cl)N1C(=O)c2c(Cl)c(Cl)c(Cl)c(Cl)c2C1=O. The molecule has 0 aromatic heterocycles. The molecule has 1 heterocycles. The Hall–Kier alpha value is -1.01. The summed E-state index contributed by atoms with van der Waals surface area (Å²) in [6, 6.07) is 3.99. The fourth-order valence-electron chi connectivity index (χ4n) is 2.32. The van der Waals surface area contributed by atoms with E-state index in [1.165, 1.54) is 18.2 Å². The summed E-state index contributed by atoms with van der Waals surface area (Å²) >= 11 is 35.6. The van der Waals surface area contributed by atoms with Gasteiger partial charge in [0.2, 0.25) is 0 Å². The number of benzene rings is 2. The number of rotatable bonds is 1. The minimum atomic E-state index is -0.971. The van der Waals surface area contributed by atoms with Crippen LogP contribution >= 0.6 is 69.6 Å². The number of imide groups is 3. The van der Waals surface area contributed by atoms with Gasteiger partial charge >= 0.3 is 0 Å². The van der Waals surface area contributed by atoms with E-state index >= 15 is 0 Å². The van der Waals surface area contributed by atoms with Crippen molar-refractivity contribution in [3.63, 3.8) is 0 Å². The Labute approximate surface area is 171 Å². The molecule has 2 aromatic rings. The van der Waals surface area contributed by atoms with Crippen molar-refractivity contribution in [2.24, 2.45) is 0 Å². The quantitative estimate of drug-likeness (QED) is 0.298. The summed E-state index contributed by atoms with van der Waals surface area (Å²) in [6.07, 6.45) is 0. The summed E-state index contributed by atoms with van der Waals surface area (Å²) in [5, 5.41) is -0.640. The molecule has 0 saturated carbocycles. The Kier molecular flexibility index (Phi) is 4.97. The fourth-order valence-corrected chi connectivity index (χ4v) is 3.82. The number of carbonyl (C=O) groups is 3. The predicted molar refractivity (Wildman–Crippen MR) is 97.8 cm³/mol. The van der Waals surface area contributed by atoms with Crippen LogP contribution in [-0.2, 0) is 0 Å². The Balaban J connectivity index is 2.16. The van der Waals surface area contributed by atoms with E-state index < -0.39 is 17.7 Å². The summed E-state index contributed by atoms with van der Waals surface area (Å²) in [4.78, 5) is 38.3. The summed E-state index contributed by atoms with van der Waals surface area (Å²) in [5.74, 6) is -2.89. The average molecular weight is 458 g/mol. The summed E-state index contributed by atoms with van der Waals surface area (Å²) < 4.78 is 0. The molecule has 0 bridgehead atoms. The average Bonchev–Trinajstić information content (AvgIpc) is 2.81. The highest BCUT2D eigenvalue weighted by Gasteiger charge is 2.45. The van der Waals surface area contributed by atoms with Crippen molar-refractivity contribution < 1.29 is 14.4 Å². The van der Waals surface area contributed by atoms with Gasteiger partial charge in [-0.1, -0.05) is 69.6 Å². The molecule has 0 aliphatic carbocycles. The van der Waals surface area contributed by atoms with Crippen LogP contribution < -0.4 is 0 Å². The molecule has 25 heavy (non-hydrogen) atoms. The number of fused-ring (bicyclic) bond motifs is 1. The van der Waals surface area contributed by atoms with Crippen LogP contribution in [0.2, 0.25) is 30.1 Å². The van der Waals surface area contributed by atoms with Gasteiger partial charge in [-0.05, 0) is 18.2 Å². The second-order valence-corrected chi connectivity index (χ2v) is 7.24. The molecule has 10 heteroatoms. The lowest BCUT2D eigenvalue weighted by molar-refractivity contribution is 0.0566. The Morgan fingerprint density at radius 2 is 1.24 bits per heavy atom. The maximum absolute atomic E-state index is 12.7. The molecule has 2 aromatic carbocycles. The Bertz CT molecular complexity index is 941. The molecule has 0 radical (unpaired) electrons. The van der Waals surface area contributed by atoms with Crippen molar-refractivity contribution >= 4 is 87.3 Å². The Morgan fingerprint density at radius 1 is 0.760 bits per heavy atom. The van der Waals surface area contributed by atoms with Crippen LogP contribution in [0.15, 0.2) is 18.2 Å². The number of nitrogens with zero attached hydrogens (tertiary/aromatic N) is 1. The zero-order chi connectivity index (χ0) is 18.6. The first-order valence-electron chi connectivity index (χ1n) is 6.41. The molecular formula is C15H3Cl6NO3. The van der Waals surface area contributed by atoms with Crippen LogP contribution in [0.25, 0.3) is 0 Å². The smallest absolute Gasteiger partial charge is 0.268 e. The molecule has 1 aliphatic rings. The maximum Gasteiger partial charge on any atom is 0.270 e. The minimum Gasteiger partial charge on any atom is -0.268 e. The normalized spacial score (nSPS) is 13.4. The van der Waals surface area contributed by atoms with Gasteiger partial charge in [-0.2, -0.15) is 0 Å². The first-order valence-corrected chi connectivity index (χ1v) is 8.67. The van der Waals surface area contributed by atoms with Crippen LogP contribution in [-0.4, -0.2) is 22.6 Å². The van der Waals surface area contributed by atoms with Crippen molar-refractivity contribution in [3.8, 4) is 0 Å². The number of hydrogen-bond donors (Lipinski definition) is 0. The lowest BCUT2D eigenvalue weighted by Gasteiger charge is -2.13. The minimum absolute atomic E-state index is 0.0256. The lowest BCUT2D eigenvalue weighted by Crippen LogP contribution is -2.36. The van der Waals surface area contributed by atoms with E-state index in [-0.39, 0.29) is 46.8 Å². The van der Waals surface area contributed by atoms with E-state index in [1.54, 1.807) is 0 Å². The van der Waals surface area contributed by atoms with Gasteiger partial charge in [0, 0.05) is 5.02 Å². The van der Waals surface area contributed by atoms with Gasteiger partial charge in [-0.3, -0.25) is 14.4 Å². The van der Waals surface area contributed by atoms with Crippen molar-refractivity contribution in [3.05, 3.63) is 65.0 Å². The van der Waals surface area contributed by atoms with Gasteiger partial charge in [0.1, 0.15) is 0 Å². The fraction of sp³-hybridized carbons (Fsp3) is 0. The molecule has 0 fully saturated rings. The highest BCUT2D eigenvalue weighted by molar-refractivity contribution is 6.55. The van der Waals surface area contributed by atoms with Crippen molar-refractivity contribution in [1.29, 1.82) is 0 Å². The van der Waals surface area contributed by atoms with Gasteiger partial charge in [0.25, 0.3) is 17.7 Å². The molecular weight excluding hydrogens is 455 g/mol. The molecule has 0 saturated heterocycles.